The van der Waals surface area contributed by atoms with Crippen molar-refractivity contribution in [1.29, 1.82) is 0 Å². The van der Waals surface area contributed by atoms with Crippen LogP contribution >= 0.6 is 0 Å². The Kier molecular flexibility index (Phi) is 7.64. The molecule has 0 unspecified atom stereocenters. The summed E-state index contributed by atoms with van der Waals surface area (Å²) in [6.45, 7) is 0.432. The molecule has 0 fully saturated rings. The molecule has 1 aromatic heterocycles. The quantitative estimate of drug-likeness (QED) is 0.361. The maximum absolute atomic E-state index is 13.2. The summed E-state index contributed by atoms with van der Waals surface area (Å²) in [4.78, 5) is 13.2. The lowest BCUT2D eigenvalue weighted by Crippen LogP contribution is -2.26. The van der Waals surface area contributed by atoms with Crippen molar-refractivity contribution in [1.82, 2.24) is 25.5 Å². The van der Waals surface area contributed by atoms with E-state index < -0.39 is 0 Å². The van der Waals surface area contributed by atoms with Crippen LogP contribution in [0.4, 0.5) is 0 Å². The van der Waals surface area contributed by atoms with E-state index in [9.17, 15) is 4.79 Å². The molecule has 0 atom stereocenters. The van der Waals surface area contributed by atoms with E-state index in [1.54, 1.807) is 40.6 Å². The highest BCUT2D eigenvalue weighted by Crippen LogP contribution is 2.35. The fraction of sp³-hybridized carbons (Fsp3) is 0.231. The number of methoxy groups -OCH3 is 4. The zero-order chi connectivity index (χ0) is 25.5. The number of nitrogens with one attached hydrogen (secondary N) is 1. The summed E-state index contributed by atoms with van der Waals surface area (Å²) in [5.41, 5.74) is 3.62. The highest BCUT2D eigenvalue weighted by molar-refractivity contribution is 5.96. The summed E-state index contributed by atoms with van der Waals surface area (Å²) < 4.78 is 23.1. The van der Waals surface area contributed by atoms with Gasteiger partial charge in [-0.2, -0.15) is 0 Å². The van der Waals surface area contributed by atoms with Gasteiger partial charge in [-0.1, -0.05) is 6.07 Å². The highest BCUT2D eigenvalue weighted by Gasteiger charge is 2.15. The molecule has 0 aliphatic heterocycles. The molecule has 36 heavy (non-hydrogen) atoms. The molecule has 0 bridgehead atoms. The van der Waals surface area contributed by atoms with Crippen LogP contribution in [-0.4, -0.2) is 61.1 Å². The van der Waals surface area contributed by atoms with Gasteiger partial charge in [-0.15, -0.1) is 5.10 Å². The number of tetrazole rings is 1. The van der Waals surface area contributed by atoms with Crippen molar-refractivity contribution in [2.24, 2.45) is 0 Å². The Balaban J connectivity index is 1.60. The number of nitrogens with zero attached hydrogens (tertiary/aromatic N) is 4. The average molecular weight is 490 g/mol. The zero-order valence-electron chi connectivity index (χ0n) is 20.5. The van der Waals surface area contributed by atoms with Gasteiger partial charge in [-0.25, -0.2) is 4.68 Å². The van der Waals surface area contributed by atoms with Gasteiger partial charge in [0.1, 0.15) is 17.8 Å². The number of carbonyl (C=O) groups is 1. The van der Waals surface area contributed by atoms with Crippen LogP contribution in [0.25, 0.3) is 16.8 Å². The van der Waals surface area contributed by atoms with E-state index >= 15 is 0 Å². The van der Waals surface area contributed by atoms with Crippen molar-refractivity contribution in [3.05, 3.63) is 72.1 Å². The van der Waals surface area contributed by atoms with Gasteiger partial charge < -0.3 is 24.3 Å². The van der Waals surface area contributed by atoms with Gasteiger partial charge in [-0.05, 0) is 76.5 Å². The fourth-order valence-corrected chi connectivity index (χ4v) is 3.81. The second kappa shape index (κ2) is 11.2. The van der Waals surface area contributed by atoms with Gasteiger partial charge in [0.25, 0.3) is 5.91 Å². The van der Waals surface area contributed by atoms with Crippen molar-refractivity contribution in [2.75, 3.05) is 35.0 Å². The van der Waals surface area contributed by atoms with Crippen LogP contribution in [0, 0.1) is 0 Å². The Bertz CT molecular complexity index is 1340. The number of hydrogen-bond acceptors (Lipinski definition) is 8. The number of amides is 1. The molecule has 4 aromatic rings. The summed E-state index contributed by atoms with van der Waals surface area (Å²) in [6, 6.07) is 16.6. The van der Waals surface area contributed by atoms with Gasteiger partial charge >= 0.3 is 0 Å². The lowest BCUT2D eigenvalue weighted by atomic mass is 10.00. The molecule has 1 N–H and O–H groups in total. The van der Waals surface area contributed by atoms with E-state index in [0.29, 0.717) is 47.2 Å². The molecule has 10 heteroatoms. The van der Waals surface area contributed by atoms with Crippen molar-refractivity contribution in [3.8, 4) is 39.8 Å². The summed E-state index contributed by atoms with van der Waals surface area (Å²) in [5, 5.41) is 14.4. The van der Waals surface area contributed by atoms with E-state index in [4.69, 9.17) is 18.9 Å². The minimum absolute atomic E-state index is 0.228. The maximum Gasteiger partial charge on any atom is 0.251 e. The predicted molar refractivity (Wildman–Crippen MR) is 133 cm³/mol. The molecule has 1 amide bonds. The summed E-state index contributed by atoms with van der Waals surface area (Å²) in [5.74, 6) is 2.38. The molecular formula is C26H27N5O5. The van der Waals surface area contributed by atoms with Crippen molar-refractivity contribution in [3.63, 3.8) is 0 Å². The monoisotopic (exact) mass is 489 g/mol. The number of carbonyl (C=O) groups excluding carboxylic acids is 1. The van der Waals surface area contributed by atoms with E-state index in [2.05, 4.69) is 20.8 Å². The number of hydrogen-bond donors (Lipinski definition) is 1. The van der Waals surface area contributed by atoms with Crippen LogP contribution in [0.15, 0.2) is 60.9 Å². The predicted octanol–water partition coefficient (Wildman–Crippen LogP) is 3.34. The highest BCUT2D eigenvalue weighted by atomic mass is 16.5. The van der Waals surface area contributed by atoms with E-state index in [-0.39, 0.29) is 5.91 Å². The molecule has 3 aromatic carbocycles. The van der Waals surface area contributed by atoms with Crippen LogP contribution in [-0.2, 0) is 6.42 Å². The van der Waals surface area contributed by atoms with Crippen molar-refractivity contribution >= 4 is 5.91 Å². The summed E-state index contributed by atoms with van der Waals surface area (Å²) in [7, 11) is 6.38. The Morgan fingerprint density at radius 3 is 2.33 bits per heavy atom. The molecule has 0 saturated heterocycles. The summed E-state index contributed by atoms with van der Waals surface area (Å²) in [6.07, 6.45) is 2.09. The van der Waals surface area contributed by atoms with Gasteiger partial charge in [0.05, 0.1) is 34.1 Å². The molecule has 0 radical (unpaired) electrons. The molecule has 10 nitrogen and oxygen atoms in total. The molecule has 186 valence electrons. The number of ether oxygens (including phenoxy) is 4. The first-order chi connectivity index (χ1) is 17.6. The van der Waals surface area contributed by atoms with Crippen LogP contribution in [0.1, 0.15) is 15.9 Å². The molecule has 0 aliphatic rings. The zero-order valence-corrected chi connectivity index (χ0v) is 20.5. The molecule has 4 rings (SSSR count). The average Bonchev–Trinajstić information content (AvgIpc) is 3.47. The minimum atomic E-state index is -0.228. The SMILES string of the molecule is COc1ccc(OC)c(-c2cc(C(=O)NCCc3ccc(OC)c(OC)c3)cc(-n3cnnn3)c2)c1. The third kappa shape index (κ3) is 5.38. The maximum atomic E-state index is 13.2. The van der Waals surface area contributed by atoms with E-state index in [1.165, 1.54) is 11.0 Å². The number of rotatable bonds is 10. The normalized spacial score (nSPS) is 10.6. The lowest BCUT2D eigenvalue weighted by Gasteiger charge is -2.14. The molecule has 0 aliphatic carbocycles. The number of aromatic nitrogens is 4. The van der Waals surface area contributed by atoms with Gasteiger partial charge in [0.2, 0.25) is 0 Å². The van der Waals surface area contributed by atoms with E-state index in [0.717, 1.165) is 16.7 Å². The Morgan fingerprint density at radius 2 is 1.64 bits per heavy atom. The van der Waals surface area contributed by atoms with Crippen molar-refractivity contribution < 1.29 is 23.7 Å². The first-order valence-corrected chi connectivity index (χ1v) is 11.2. The van der Waals surface area contributed by atoms with Gasteiger partial charge in [-0.3, -0.25) is 4.79 Å². The standard InChI is InChI=1S/C26H27N5O5/c1-33-21-6-8-23(34-2)22(15-21)18-12-19(14-20(13-18)31-16-28-29-30-31)26(32)27-10-9-17-5-7-24(35-3)25(11-17)36-4/h5-8,11-16H,9-10H2,1-4H3,(H,27,32). The first-order valence-electron chi connectivity index (χ1n) is 11.2. The van der Waals surface area contributed by atoms with Crippen LogP contribution in [0.2, 0.25) is 0 Å². The summed E-state index contributed by atoms with van der Waals surface area (Å²) >= 11 is 0. The van der Waals surface area contributed by atoms with Gasteiger partial charge in [0, 0.05) is 17.7 Å². The first kappa shape index (κ1) is 24.5. The molecule has 1 heterocycles. The van der Waals surface area contributed by atoms with Crippen molar-refractivity contribution in [2.45, 2.75) is 6.42 Å². The van der Waals surface area contributed by atoms with Crippen LogP contribution in [0.5, 0.6) is 23.0 Å². The largest absolute Gasteiger partial charge is 0.497 e. The third-order valence-corrected chi connectivity index (χ3v) is 5.66. The Hall–Kier alpha value is -4.60. The number of benzene rings is 3. The van der Waals surface area contributed by atoms with Crippen LogP contribution in [0.3, 0.4) is 0 Å². The molecule has 0 saturated carbocycles. The van der Waals surface area contributed by atoms with Crippen LogP contribution < -0.4 is 24.3 Å². The topological polar surface area (TPSA) is 110 Å². The second-order valence-electron chi connectivity index (χ2n) is 7.78. The smallest absolute Gasteiger partial charge is 0.251 e. The Morgan fingerprint density at radius 1 is 0.861 bits per heavy atom. The third-order valence-electron chi connectivity index (χ3n) is 5.66. The Labute approximate surface area is 208 Å². The fourth-order valence-electron chi connectivity index (χ4n) is 3.81. The van der Waals surface area contributed by atoms with E-state index in [1.807, 2.05) is 42.5 Å². The second-order valence-corrected chi connectivity index (χ2v) is 7.78. The lowest BCUT2D eigenvalue weighted by molar-refractivity contribution is 0.0954. The molecular weight excluding hydrogens is 462 g/mol. The molecule has 0 spiro atoms. The minimum Gasteiger partial charge on any atom is -0.497 e. The van der Waals surface area contributed by atoms with Gasteiger partial charge in [0.15, 0.2) is 11.5 Å².